The first kappa shape index (κ1) is 22.3. The summed E-state index contributed by atoms with van der Waals surface area (Å²) in [7, 11) is 0. The minimum absolute atomic E-state index is 0.0477. The molecule has 2 aromatic heterocycles. The minimum atomic E-state index is -1.15. The van der Waals surface area contributed by atoms with Gasteiger partial charge in [-0.1, -0.05) is 0 Å². The molecule has 0 spiro atoms. The third kappa shape index (κ3) is 4.59. The third-order valence-electron chi connectivity index (χ3n) is 6.37. The lowest BCUT2D eigenvalue weighted by Gasteiger charge is -2.21. The minimum Gasteiger partial charge on any atom is -0.459 e. The van der Waals surface area contributed by atoms with Crippen LogP contribution in [0.3, 0.4) is 0 Å². The zero-order chi connectivity index (χ0) is 23.7. The normalized spacial score (nSPS) is 17.1. The molecule has 1 atom stereocenters. The molecule has 1 aliphatic heterocycles. The number of rotatable bonds is 5. The number of anilines is 1. The average molecular weight is 467 g/mol. The Morgan fingerprint density at radius 1 is 1.06 bits per heavy atom. The fraction of sp³-hybridized carbons (Fsp3) is 0.269. The molecule has 0 radical (unpaired) electrons. The van der Waals surface area contributed by atoms with Gasteiger partial charge in [-0.15, -0.1) is 0 Å². The molecule has 5 nitrogen and oxygen atoms in total. The molecule has 1 aliphatic rings. The van der Waals surface area contributed by atoms with E-state index in [0.717, 1.165) is 42.8 Å². The smallest absolute Gasteiger partial charge is 0.291 e. The summed E-state index contributed by atoms with van der Waals surface area (Å²) in [5, 5.41) is 3.85. The largest absolute Gasteiger partial charge is 0.459 e. The molecule has 4 aromatic rings. The second-order valence-corrected chi connectivity index (χ2v) is 8.65. The van der Waals surface area contributed by atoms with Crippen molar-refractivity contribution < 1.29 is 22.4 Å². The maximum Gasteiger partial charge on any atom is 0.291 e. The number of nitrogens with zero attached hydrogens (tertiary/aromatic N) is 2. The van der Waals surface area contributed by atoms with Crippen LogP contribution in [0.1, 0.15) is 41.4 Å². The van der Waals surface area contributed by atoms with E-state index in [2.05, 4.69) is 9.88 Å². The monoisotopic (exact) mass is 467 g/mol. The van der Waals surface area contributed by atoms with Gasteiger partial charge in [0.2, 0.25) is 0 Å². The molecule has 8 heteroatoms. The van der Waals surface area contributed by atoms with Crippen LogP contribution in [0, 0.1) is 17.5 Å². The highest BCUT2D eigenvalue weighted by Crippen LogP contribution is 2.30. The summed E-state index contributed by atoms with van der Waals surface area (Å²) in [5.41, 5.74) is 1.79. The van der Waals surface area contributed by atoms with E-state index in [9.17, 15) is 18.0 Å². The topological polar surface area (TPSA) is 50.4 Å². The van der Waals surface area contributed by atoms with Gasteiger partial charge >= 0.3 is 0 Å². The second kappa shape index (κ2) is 9.38. The van der Waals surface area contributed by atoms with Gasteiger partial charge in [0, 0.05) is 53.5 Å². The highest BCUT2D eigenvalue weighted by molar-refractivity contribution is 6.03. The first-order valence-corrected chi connectivity index (χ1v) is 11.3. The summed E-state index contributed by atoms with van der Waals surface area (Å²) in [5.74, 6) is -2.95. The zero-order valence-corrected chi connectivity index (χ0v) is 18.4. The van der Waals surface area contributed by atoms with Gasteiger partial charge in [-0.2, -0.15) is 0 Å². The van der Waals surface area contributed by atoms with Crippen LogP contribution in [0.15, 0.2) is 65.4 Å². The van der Waals surface area contributed by atoms with E-state index >= 15 is 0 Å². The predicted octanol–water partition coefficient (Wildman–Crippen LogP) is 6.13. The molecular formula is C26H24F3N3O2. The Bertz CT molecular complexity index is 1320. The van der Waals surface area contributed by atoms with Crippen LogP contribution in [0.4, 0.5) is 18.9 Å². The fourth-order valence-electron chi connectivity index (χ4n) is 4.70. The molecule has 0 aliphatic carbocycles. The van der Waals surface area contributed by atoms with Gasteiger partial charge in [0.15, 0.2) is 17.4 Å². The van der Waals surface area contributed by atoms with Crippen LogP contribution in [0.5, 0.6) is 0 Å². The Kier molecular flexibility index (Phi) is 6.15. The quantitative estimate of drug-likeness (QED) is 0.359. The van der Waals surface area contributed by atoms with Gasteiger partial charge in [-0.05, 0) is 68.3 Å². The number of hydrogen-bond donors (Lipinski definition) is 1. The number of fused-ring (bicyclic) bond motifs is 1. The summed E-state index contributed by atoms with van der Waals surface area (Å²) < 4.78 is 48.6. The van der Waals surface area contributed by atoms with Crippen molar-refractivity contribution in [3.05, 3.63) is 89.8 Å². The van der Waals surface area contributed by atoms with Crippen molar-refractivity contribution in [1.82, 2.24) is 9.47 Å². The number of carbonyl (C=O) groups is 1. The van der Waals surface area contributed by atoms with Crippen LogP contribution in [-0.2, 0) is 6.54 Å². The number of amides is 1. The maximum absolute atomic E-state index is 14.1. The summed E-state index contributed by atoms with van der Waals surface area (Å²) in [4.78, 5) is 14.3. The lowest BCUT2D eigenvalue weighted by Crippen LogP contribution is -2.25. The van der Waals surface area contributed by atoms with E-state index < -0.39 is 17.5 Å². The van der Waals surface area contributed by atoms with Crippen molar-refractivity contribution in [2.45, 2.75) is 31.8 Å². The molecule has 176 valence electrons. The van der Waals surface area contributed by atoms with E-state index in [1.165, 1.54) is 6.26 Å². The summed E-state index contributed by atoms with van der Waals surface area (Å²) in [6.45, 7) is 1.60. The highest BCUT2D eigenvalue weighted by Gasteiger charge is 2.21. The Hall–Kier alpha value is -3.52. The number of hydrogen-bond acceptors (Lipinski definition) is 3. The van der Waals surface area contributed by atoms with Crippen molar-refractivity contribution in [1.29, 1.82) is 0 Å². The van der Waals surface area contributed by atoms with Crippen molar-refractivity contribution in [3.63, 3.8) is 0 Å². The van der Waals surface area contributed by atoms with Crippen LogP contribution in [0.2, 0.25) is 0 Å². The summed E-state index contributed by atoms with van der Waals surface area (Å²) in [6.07, 6.45) is 6.17. The second-order valence-electron chi connectivity index (χ2n) is 8.65. The van der Waals surface area contributed by atoms with Crippen LogP contribution in [-0.4, -0.2) is 28.5 Å². The number of likely N-dealkylation sites (tertiary alicyclic amines) is 1. The number of halogens is 3. The Morgan fingerprint density at radius 2 is 1.94 bits per heavy atom. The van der Waals surface area contributed by atoms with Crippen molar-refractivity contribution in [2.24, 2.45) is 0 Å². The molecule has 2 aromatic carbocycles. The Labute approximate surface area is 194 Å². The van der Waals surface area contributed by atoms with Gasteiger partial charge in [-0.3, -0.25) is 9.69 Å². The molecule has 1 unspecified atom stereocenters. The van der Waals surface area contributed by atoms with Gasteiger partial charge in [0.05, 0.1) is 6.26 Å². The average Bonchev–Trinajstić information content (AvgIpc) is 3.44. The summed E-state index contributed by atoms with van der Waals surface area (Å²) >= 11 is 0. The van der Waals surface area contributed by atoms with Crippen LogP contribution in [0.25, 0.3) is 10.9 Å². The third-order valence-corrected chi connectivity index (χ3v) is 6.37. The first-order valence-electron chi connectivity index (χ1n) is 11.3. The number of aromatic nitrogens is 1. The first-order chi connectivity index (χ1) is 16.5. The lowest BCUT2D eigenvalue weighted by molar-refractivity contribution is 0.0996. The molecule has 1 N–H and O–H groups in total. The van der Waals surface area contributed by atoms with Crippen molar-refractivity contribution in [3.8, 4) is 0 Å². The Morgan fingerprint density at radius 3 is 2.76 bits per heavy atom. The highest BCUT2D eigenvalue weighted by atomic mass is 19.2. The van der Waals surface area contributed by atoms with E-state index in [4.69, 9.17) is 4.42 Å². The molecule has 0 bridgehead atoms. The molecule has 1 amide bonds. The van der Waals surface area contributed by atoms with Gasteiger partial charge < -0.3 is 14.3 Å². The predicted molar refractivity (Wildman–Crippen MR) is 123 cm³/mol. The maximum atomic E-state index is 14.1. The van der Waals surface area contributed by atoms with Crippen LogP contribution >= 0.6 is 0 Å². The van der Waals surface area contributed by atoms with E-state index in [1.807, 2.05) is 35.4 Å². The van der Waals surface area contributed by atoms with E-state index in [-0.39, 0.29) is 29.8 Å². The molecule has 34 heavy (non-hydrogen) atoms. The van der Waals surface area contributed by atoms with Gasteiger partial charge in [0.25, 0.3) is 5.91 Å². The molecule has 0 saturated carbocycles. The van der Waals surface area contributed by atoms with E-state index in [0.29, 0.717) is 18.3 Å². The van der Waals surface area contributed by atoms with E-state index in [1.54, 1.807) is 12.1 Å². The summed E-state index contributed by atoms with van der Waals surface area (Å²) in [6, 6.07) is 13.0. The fourth-order valence-corrected chi connectivity index (χ4v) is 4.70. The van der Waals surface area contributed by atoms with Gasteiger partial charge in [-0.25, -0.2) is 13.2 Å². The molecule has 5 rings (SSSR count). The van der Waals surface area contributed by atoms with Crippen molar-refractivity contribution in [2.75, 3.05) is 18.4 Å². The number of benzene rings is 2. The lowest BCUT2D eigenvalue weighted by atomic mass is 10.1. The Balaban J connectivity index is 1.27. The SMILES string of the molecule is O=C(Nc1ccc2c(ccn2C2CCCN(Cc3cc(F)cc(F)c3F)CC2)c1)c1ccco1. The molecule has 1 fully saturated rings. The number of carbonyl (C=O) groups excluding carboxylic acids is 1. The number of furan rings is 1. The number of nitrogens with one attached hydrogen (secondary N) is 1. The molecule has 3 heterocycles. The molecule has 1 saturated heterocycles. The molecular weight excluding hydrogens is 443 g/mol. The standard InChI is InChI=1S/C26H24F3N3O2/c27-19-13-18(25(29)22(28)15-19)16-31-9-1-3-21(8-10-31)32-11-7-17-14-20(5-6-23(17)32)30-26(33)24-4-2-12-34-24/h2,4-7,11-15,21H,1,3,8-10,16H2,(H,30,33). The van der Waals surface area contributed by atoms with Crippen molar-refractivity contribution >= 4 is 22.5 Å². The van der Waals surface area contributed by atoms with Gasteiger partial charge in [0.1, 0.15) is 5.82 Å². The van der Waals surface area contributed by atoms with Crippen LogP contribution < -0.4 is 5.32 Å². The zero-order valence-electron chi connectivity index (χ0n) is 18.4.